The van der Waals surface area contributed by atoms with Crippen LogP contribution in [0.15, 0.2) is 54.7 Å². The number of aromatic nitrogens is 3. The van der Waals surface area contributed by atoms with E-state index in [-0.39, 0.29) is 18.6 Å². The summed E-state index contributed by atoms with van der Waals surface area (Å²) in [7, 11) is 1.70. The summed E-state index contributed by atoms with van der Waals surface area (Å²) >= 11 is 0. The minimum absolute atomic E-state index is 0.00599. The van der Waals surface area contributed by atoms with Crippen molar-refractivity contribution in [3.05, 3.63) is 60.6 Å². The molecule has 1 aliphatic heterocycles. The Hall–Kier alpha value is -3.32. The molecule has 1 fully saturated rings. The number of imidazole rings is 1. The number of fused-ring (bicyclic) bond motifs is 2. The summed E-state index contributed by atoms with van der Waals surface area (Å²) in [4.78, 5) is 20.3. The average Bonchev–Trinajstić information content (AvgIpc) is 3.58. The quantitative estimate of drug-likeness (QED) is 0.341. The van der Waals surface area contributed by atoms with Crippen LogP contribution in [0.4, 0.5) is 0 Å². The molecular formula is C28H34N4O3. The molecule has 184 valence electrons. The van der Waals surface area contributed by atoms with Gasteiger partial charge in [-0.3, -0.25) is 4.79 Å². The monoisotopic (exact) mass is 474 g/mol. The van der Waals surface area contributed by atoms with Crippen molar-refractivity contribution in [2.45, 2.75) is 45.8 Å². The molecule has 0 saturated carbocycles. The SMILES string of the molecule is COCCn1ccc2c(OCC(=O)N3CCCC3c3nc4ccccc4n3CC(C)C)cccc21. The van der Waals surface area contributed by atoms with Crippen LogP contribution < -0.4 is 4.74 Å². The fraction of sp³-hybridized carbons (Fsp3) is 0.429. The van der Waals surface area contributed by atoms with Crippen molar-refractivity contribution in [3.63, 3.8) is 0 Å². The second-order valence-electron chi connectivity index (χ2n) is 9.69. The van der Waals surface area contributed by atoms with E-state index >= 15 is 0 Å². The van der Waals surface area contributed by atoms with Crippen molar-refractivity contribution < 1.29 is 14.3 Å². The van der Waals surface area contributed by atoms with E-state index in [1.54, 1.807) is 7.11 Å². The van der Waals surface area contributed by atoms with Crippen LogP contribution in [0.25, 0.3) is 21.9 Å². The first kappa shape index (κ1) is 23.4. The summed E-state index contributed by atoms with van der Waals surface area (Å²) < 4.78 is 15.8. The first-order valence-corrected chi connectivity index (χ1v) is 12.5. The highest BCUT2D eigenvalue weighted by Crippen LogP contribution is 2.34. The maximum atomic E-state index is 13.4. The van der Waals surface area contributed by atoms with Crippen molar-refractivity contribution in [3.8, 4) is 5.75 Å². The van der Waals surface area contributed by atoms with Gasteiger partial charge in [0.25, 0.3) is 5.91 Å². The van der Waals surface area contributed by atoms with Gasteiger partial charge in [0.2, 0.25) is 0 Å². The van der Waals surface area contributed by atoms with E-state index in [2.05, 4.69) is 47.2 Å². The molecule has 0 aliphatic carbocycles. The van der Waals surface area contributed by atoms with Gasteiger partial charge >= 0.3 is 0 Å². The number of nitrogens with zero attached hydrogens (tertiary/aromatic N) is 4. The minimum atomic E-state index is -0.0248. The number of ether oxygens (including phenoxy) is 2. The number of hydrogen-bond acceptors (Lipinski definition) is 4. The van der Waals surface area contributed by atoms with Crippen LogP contribution in [0.3, 0.4) is 0 Å². The summed E-state index contributed by atoms with van der Waals surface area (Å²) in [5.74, 6) is 2.21. The molecule has 2 aromatic heterocycles. The van der Waals surface area contributed by atoms with Gasteiger partial charge in [0.15, 0.2) is 6.61 Å². The minimum Gasteiger partial charge on any atom is -0.483 e. The molecular weight excluding hydrogens is 440 g/mol. The lowest BCUT2D eigenvalue weighted by atomic mass is 10.1. The Morgan fingerprint density at radius 2 is 1.94 bits per heavy atom. The van der Waals surface area contributed by atoms with E-state index in [9.17, 15) is 4.79 Å². The second kappa shape index (κ2) is 10.1. The van der Waals surface area contributed by atoms with Crippen molar-refractivity contribution in [2.24, 2.45) is 5.92 Å². The van der Waals surface area contributed by atoms with Crippen molar-refractivity contribution in [2.75, 3.05) is 26.9 Å². The van der Waals surface area contributed by atoms with E-state index in [0.717, 1.165) is 66.0 Å². The number of likely N-dealkylation sites (tertiary alicyclic amines) is 1. The third kappa shape index (κ3) is 4.65. The Balaban J connectivity index is 1.35. The lowest BCUT2D eigenvalue weighted by Gasteiger charge is -2.25. The van der Waals surface area contributed by atoms with E-state index in [1.165, 1.54) is 0 Å². The third-order valence-electron chi connectivity index (χ3n) is 6.76. The highest BCUT2D eigenvalue weighted by Gasteiger charge is 2.34. The number of amides is 1. The molecule has 0 bridgehead atoms. The molecule has 1 aliphatic rings. The van der Waals surface area contributed by atoms with Gasteiger partial charge < -0.3 is 23.5 Å². The van der Waals surface area contributed by atoms with E-state index in [0.29, 0.717) is 12.5 Å². The first-order valence-electron chi connectivity index (χ1n) is 12.5. The summed E-state index contributed by atoms with van der Waals surface area (Å²) in [6.45, 7) is 7.48. The predicted octanol–water partition coefficient (Wildman–Crippen LogP) is 5.04. The number of para-hydroxylation sites is 2. The molecule has 3 heterocycles. The van der Waals surface area contributed by atoms with Crippen molar-refractivity contribution in [1.82, 2.24) is 19.0 Å². The smallest absolute Gasteiger partial charge is 0.261 e. The number of rotatable bonds is 9. The number of methoxy groups -OCH3 is 1. The molecule has 0 N–H and O–H groups in total. The molecule has 7 heteroatoms. The van der Waals surface area contributed by atoms with E-state index in [1.807, 2.05) is 35.4 Å². The van der Waals surface area contributed by atoms with Gasteiger partial charge in [-0.25, -0.2) is 4.98 Å². The molecule has 7 nitrogen and oxygen atoms in total. The van der Waals surface area contributed by atoms with Crippen molar-refractivity contribution >= 4 is 27.8 Å². The molecule has 0 spiro atoms. The number of carbonyl (C=O) groups is 1. The van der Waals surface area contributed by atoms with E-state index < -0.39 is 0 Å². The molecule has 0 radical (unpaired) electrons. The Kier molecular flexibility index (Phi) is 6.77. The summed E-state index contributed by atoms with van der Waals surface area (Å²) in [6.07, 6.45) is 3.93. The van der Waals surface area contributed by atoms with Gasteiger partial charge in [-0.2, -0.15) is 0 Å². The van der Waals surface area contributed by atoms with Crippen LogP contribution in [0.1, 0.15) is 38.6 Å². The lowest BCUT2D eigenvalue weighted by Crippen LogP contribution is -2.35. The summed E-state index contributed by atoms with van der Waals surface area (Å²) in [5, 5.41) is 1.01. The summed E-state index contributed by atoms with van der Waals surface area (Å²) in [6, 6.07) is 16.2. The second-order valence-corrected chi connectivity index (χ2v) is 9.69. The maximum Gasteiger partial charge on any atom is 0.261 e. The normalized spacial score (nSPS) is 16.1. The molecule has 1 saturated heterocycles. The standard InChI is InChI=1S/C28H34N4O3/c1-20(2)18-32-24-9-5-4-8-22(24)29-28(32)25-11-7-14-31(25)27(33)19-35-26-12-6-10-23-21(26)13-15-30(23)16-17-34-3/h4-6,8-10,12-13,15,20,25H,7,11,14,16-19H2,1-3H3. The Bertz CT molecular complexity index is 1320. The van der Waals surface area contributed by atoms with Gasteiger partial charge in [0, 0.05) is 38.3 Å². The van der Waals surface area contributed by atoms with Gasteiger partial charge in [-0.05, 0) is 49.1 Å². The number of carbonyl (C=O) groups excluding carboxylic acids is 1. The van der Waals surface area contributed by atoms with Crippen molar-refractivity contribution in [1.29, 1.82) is 0 Å². The van der Waals surface area contributed by atoms with Crippen LogP contribution in [0.2, 0.25) is 0 Å². The van der Waals surface area contributed by atoms with Crippen LogP contribution in [0.5, 0.6) is 5.75 Å². The molecule has 1 atom stereocenters. The van der Waals surface area contributed by atoms with Gasteiger partial charge in [0.1, 0.15) is 11.6 Å². The lowest BCUT2D eigenvalue weighted by molar-refractivity contribution is -0.134. The molecule has 35 heavy (non-hydrogen) atoms. The first-order chi connectivity index (χ1) is 17.1. The Morgan fingerprint density at radius 1 is 1.11 bits per heavy atom. The van der Waals surface area contributed by atoms with Crippen LogP contribution in [-0.4, -0.2) is 51.8 Å². The zero-order valence-electron chi connectivity index (χ0n) is 20.8. The fourth-order valence-corrected chi connectivity index (χ4v) is 5.17. The number of benzene rings is 2. The largest absolute Gasteiger partial charge is 0.483 e. The number of hydrogen-bond donors (Lipinski definition) is 0. The Labute approximate surface area is 206 Å². The van der Waals surface area contributed by atoms with Gasteiger partial charge in [-0.1, -0.05) is 32.0 Å². The molecule has 5 rings (SSSR count). The van der Waals surface area contributed by atoms with E-state index in [4.69, 9.17) is 14.5 Å². The molecule has 4 aromatic rings. The maximum absolute atomic E-state index is 13.4. The van der Waals surface area contributed by atoms with Crippen LogP contribution in [-0.2, 0) is 22.6 Å². The molecule has 1 amide bonds. The predicted molar refractivity (Wildman–Crippen MR) is 138 cm³/mol. The third-order valence-corrected chi connectivity index (χ3v) is 6.76. The summed E-state index contributed by atoms with van der Waals surface area (Å²) in [5.41, 5.74) is 3.20. The molecule has 1 unspecified atom stereocenters. The topological polar surface area (TPSA) is 61.5 Å². The Morgan fingerprint density at radius 3 is 2.77 bits per heavy atom. The zero-order valence-corrected chi connectivity index (χ0v) is 20.8. The van der Waals surface area contributed by atoms with Crippen LogP contribution in [0, 0.1) is 5.92 Å². The molecule has 2 aromatic carbocycles. The zero-order chi connectivity index (χ0) is 24.4. The highest BCUT2D eigenvalue weighted by atomic mass is 16.5. The fourth-order valence-electron chi connectivity index (χ4n) is 5.17. The van der Waals surface area contributed by atoms with Gasteiger partial charge in [0.05, 0.1) is 29.2 Å². The highest BCUT2D eigenvalue weighted by molar-refractivity contribution is 5.87. The van der Waals surface area contributed by atoms with Gasteiger partial charge in [-0.15, -0.1) is 0 Å². The van der Waals surface area contributed by atoms with Crippen LogP contribution >= 0.6 is 0 Å². The average molecular weight is 475 g/mol.